The van der Waals surface area contributed by atoms with Crippen LogP contribution < -0.4 is 10.5 Å². The molecule has 1 unspecified atom stereocenters. The minimum atomic E-state index is -0.416. The van der Waals surface area contributed by atoms with Crippen LogP contribution in [0, 0.1) is 0 Å². The van der Waals surface area contributed by atoms with Gasteiger partial charge in [0, 0.05) is 23.1 Å². The molecule has 0 aliphatic rings. The highest BCUT2D eigenvalue weighted by molar-refractivity contribution is 7.16. The van der Waals surface area contributed by atoms with Crippen LogP contribution in [0.1, 0.15) is 10.4 Å². The van der Waals surface area contributed by atoms with E-state index in [-0.39, 0.29) is 5.75 Å². The molecule has 2 N–H and O–H groups in total. The van der Waals surface area contributed by atoms with Gasteiger partial charge < -0.3 is 14.4 Å². The summed E-state index contributed by atoms with van der Waals surface area (Å²) in [5.41, 5.74) is 0.871. The third kappa shape index (κ3) is 3.87. The van der Waals surface area contributed by atoms with Crippen molar-refractivity contribution in [1.82, 2.24) is 0 Å². The van der Waals surface area contributed by atoms with Crippen molar-refractivity contribution in [3.8, 4) is 5.75 Å². The Hall–Kier alpha value is -2.08. The number of phenols is 1. The van der Waals surface area contributed by atoms with E-state index in [0.717, 1.165) is 28.4 Å². The smallest absolute Gasteiger partial charge is 0.336 e. The molecule has 0 saturated carbocycles. The highest BCUT2D eigenvalue weighted by Gasteiger charge is 2.15. The predicted molar refractivity (Wildman–Crippen MR) is 96.9 cm³/mol. The number of halogens is 1. The summed E-state index contributed by atoms with van der Waals surface area (Å²) in [5, 5.41) is 10.4. The summed E-state index contributed by atoms with van der Waals surface area (Å²) in [6.45, 7) is 6.02. The van der Waals surface area contributed by atoms with Crippen LogP contribution in [0.3, 0.4) is 0 Å². The van der Waals surface area contributed by atoms with E-state index in [9.17, 15) is 9.90 Å². The summed E-state index contributed by atoms with van der Waals surface area (Å²) in [4.78, 5) is 14.2. The number of thiophene rings is 1. The third-order valence-corrected chi connectivity index (χ3v) is 4.97. The van der Waals surface area contributed by atoms with E-state index in [1.165, 1.54) is 21.9 Å². The number of rotatable bonds is 6. The number of quaternary nitrogens is 1. The number of hydrogen-bond donors (Lipinski definition) is 2. The van der Waals surface area contributed by atoms with Gasteiger partial charge in [0.15, 0.2) is 0 Å². The van der Waals surface area contributed by atoms with E-state index < -0.39 is 5.63 Å². The fourth-order valence-electron chi connectivity index (χ4n) is 2.74. The molecule has 0 radical (unpaired) electrons. The Kier molecular flexibility index (Phi) is 5.04. The van der Waals surface area contributed by atoms with Crippen LogP contribution in [-0.2, 0) is 13.1 Å². The molecule has 2 aromatic heterocycles. The third-order valence-electron chi connectivity index (χ3n) is 3.74. The standard InChI is InChI=1S/C18H16ClNO3S/c1-2-7-20(11-14-4-6-17(19)24-14)10-12-8-18(22)23-16-9-13(21)3-5-15(12)16/h2-6,8-9,21H,1,7,10-11H2/p+1. The van der Waals surface area contributed by atoms with Crippen LogP contribution in [0.25, 0.3) is 11.0 Å². The van der Waals surface area contributed by atoms with Crippen LogP contribution >= 0.6 is 22.9 Å². The molecule has 4 nitrogen and oxygen atoms in total. The summed E-state index contributed by atoms with van der Waals surface area (Å²) in [5.74, 6) is 0.0753. The molecule has 0 amide bonds. The van der Waals surface area contributed by atoms with Crippen molar-refractivity contribution in [1.29, 1.82) is 0 Å². The highest BCUT2D eigenvalue weighted by Crippen LogP contribution is 2.22. The van der Waals surface area contributed by atoms with Crippen molar-refractivity contribution >= 4 is 33.9 Å². The molecule has 1 atom stereocenters. The van der Waals surface area contributed by atoms with Crippen LogP contribution in [0.5, 0.6) is 5.75 Å². The van der Waals surface area contributed by atoms with Gasteiger partial charge in [-0.2, -0.15) is 0 Å². The number of aromatic hydroxyl groups is 1. The van der Waals surface area contributed by atoms with Gasteiger partial charge in [0.1, 0.15) is 24.4 Å². The molecule has 124 valence electrons. The van der Waals surface area contributed by atoms with E-state index in [2.05, 4.69) is 6.58 Å². The first-order valence-electron chi connectivity index (χ1n) is 7.49. The Bertz CT molecular complexity index is 931. The summed E-state index contributed by atoms with van der Waals surface area (Å²) in [7, 11) is 0. The van der Waals surface area contributed by atoms with Crippen LogP contribution in [0.2, 0.25) is 4.34 Å². The largest absolute Gasteiger partial charge is 0.508 e. The average molecular weight is 363 g/mol. The SMILES string of the molecule is C=CC[NH+](Cc1ccc(Cl)s1)Cc1cc(=O)oc2cc(O)ccc12. The molecule has 3 rings (SSSR count). The fraction of sp³-hybridized carbons (Fsp3) is 0.167. The van der Waals surface area contributed by atoms with Gasteiger partial charge in [-0.15, -0.1) is 11.3 Å². The molecule has 0 saturated heterocycles. The molecule has 2 heterocycles. The van der Waals surface area contributed by atoms with Gasteiger partial charge in [0.2, 0.25) is 0 Å². The normalized spacial score (nSPS) is 12.4. The van der Waals surface area contributed by atoms with Crippen molar-refractivity contribution in [2.75, 3.05) is 6.54 Å². The number of hydrogen-bond acceptors (Lipinski definition) is 4. The Morgan fingerprint density at radius 3 is 2.79 bits per heavy atom. The maximum atomic E-state index is 11.8. The number of fused-ring (bicyclic) bond motifs is 1. The molecule has 0 spiro atoms. The lowest BCUT2D eigenvalue weighted by atomic mass is 10.1. The lowest BCUT2D eigenvalue weighted by Gasteiger charge is -2.18. The zero-order chi connectivity index (χ0) is 17.1. The van der Waals surface area contributed by atoms with Gasteiger partial charge in [-0.25, -0.2) is 4.79 Å². The van der Waals surface area contributed by atoms with Gasteiger partial charge in [0.05, 0.1) is 15.8 Å². The van der Waals surface area contributed by atoms with Crippen molar-refractivity contribution in [3.63, 3.8) is 0 Å². The van der Waals surface area contributed by atoms with E-state index in [1.807, 2.05) is 18.2 Å². The number of nitrogens with one attached hydrogen (secondary N) is 1. The molecule has 1 aromatic carbocycles. The van der Waals surface area contributed by atoms with Gasteiger partial charge >= 0.3 is 5.63 Å². The van der Waals surface area contributed by atoms with Gasteiger partial charge in [0.25, 0.3) is 0 Å². The number of phenolic OH excluding ortho intramolecular Hbond substituents is 1. The minimum Gasteiger partial charge on any atom is -0.508 e. The van der Waals surface area contributed by atoms with Gasteiger partial charge in [-0.3, -0.25) is 0 Å². The zero-order valence-corrected chi connectivity index (χ0v) is 14.5. The second-order valence-electron chi connectivity index (χ2n) is 5.57. The quantitative estimate of drug-likeness (QED) is 0.523. The van der Waals surface area contributed by atoms with E-state index in [1.54, 1.807) is 23.5 Å². The summed E-state index contributed by atoms with van der Waals surface area (Å²) < 4.78 is 5.95. The molecule has 0 aliphatic heterocycles. The fourth-order valence-corrected chi connectivity index (χ4v) is 3.90. The van der Waals surface area contributed by atoms with Crippen molar-refractivity contribution < 1.29 is 14.4 Å². The molecule has 0 bridgehead atoms. The van der Waals surface area contributed by atoms with Gasteiger partial charge in [-0.05, 0) is 30.3 Å². The maximum absolute atomic E-state index is 11.8. The molecule has 0 fully saturated rings. The first-order chi connectivity index (χ1) is 11.5. The molecule has 6 heteroatoms. The highest BCUT2D eigenvalue weighted by atomic mass is 35.5. The topological polar surface area (TPSA) is 54.9 Å². The molecular weight excluding hydrogens is 346 g/mol. The molecule has 3 aromatic rings. The zero-order valence-electron chi connectivity index (χ0n) is 12.9. The predicted octanol–water partition coefficient (Wildman–Crippen LogP) is 2.98. The number of benzene rings is 1. The van der Waals surface area contributed by atoms with Crippen molar-refractivity contribution in [2.24, 2.45) is 0 Å². The Morgan fingerprint density at radius 1 is 1.25 bits per heavy atom. The molecule has 0 aliphatic carbocycles. The first-order valence-corrected chi connectivity index (χ1v) is 8.69. The first kappa shape index (κ1) is 16.8. The van der Waals surface area contributed by atoms with Gasteiger partial charge in [-0.1, -0.05) is 18.2 Å². The Labute approximate surface area is 148 Å². The Balaban J connectivity index is 1.93. The summed E-state index contributed by atoms with van der Waals surface area (Å²) in [6, 6.07) is 10.3. The molecule has 24 heavy (non-hydrogen) atoms. The van der Waals surface area contributed by atoms with Crippen LogP contribution in [-0.4, -0.2) is 11.7 Å². The second kappa shape index (κ2) is 7.21. The van der Waals surface area contributed by atoms with Crippen LogP contribution in [0.4, 0.5) is 0 Å². The Morgan fingerprint density at radius 2 is 2.08 bits per heavy atom. The second-order valence-corrected chi connectivity index (χ2v) is 7.37. The minimum absolute atomic E-state index is 0.0753. The van der Waals surface area contributed by atoms with E-state index in [0.29, 0.717) is 12.1 Å². The lowest BCUT2D eigenvalue weighted by Crippen LogP contribution is -3.09. The van der Waals surface area contributed by atoms with Crippen LogP contribution in [0.15, 0.2) is 58.3 Å². The maximum Gasteiger partial charge on any atom is 0.336 e. The summed E-state index contributed by atoms with van der Waals surface area (Å²) in [6.07, 6.45) is 1.87. The van der Waals surface area contributed by atoms with Crippen molar-refractivity contribution in [3.05, 3.63) is 74.3 Å². The average Bonchev–Trinajstić information content (AvgIpc) is 2.92. The lowest BCUT2D eigenvalue weighted by molar-refractivity contribution is -0.921. The van der Waals surface area contributed by atoms with Crippen molar-refractivity contribution in [2.45, 2.75) is 13.1 Å². The molecular formula is C18H17ClNO3S+. The van der Waals surface area contributed by atoms with E-state index in [4.69, 9.17) is 16.0 Å². The summed E-state index contributed by atoms with van der Waals surface area (Å²) >= 11 is 7.56. The monoisotopic (exact) mass is 362 g/mol. The van der Waals surface area contributed by atoms with E-state index >= 15 is 0 Å².